The van der Waals surface area contributed by atoms with E-state index >= 15 is 0 Å². The average Bonchev–Trinajstić information content (AvgIpc) is 2.54. The zero-order valence-corrected chi connectivity index (χ0v) is 12.2. The summed E-state index contributed by atoms with van der Waals surface area (Å²) in [6.45, 7) is 13.3. The largest absolute Gasteiger partial charge is 0.315 e. The highest BCUT2D eigenvalue weighted by molar-refractivity contribution is 4.72. The summed E-state index contributed by atoms with van der Waals surface area (Å²) in [4.78, 5) is 2.65. The van der Waals surface area contributed by atoms with Crippen molar-refractivity contribution in [3.05, 3.63) is 0 Å². The molecule has 0 radical (unpaired) electrons. The molecule has 0 aliphatic carbocycles. The molecule has 0 amide bonds. The molecule has 1 atom stereocenters. The van der Waals surface area contributed by atoms with E-state index in [2.05, 4.69) is 31.0 Å². The van der Waals surface area contributed by atoms with E-state index in [1.54, 1.807) is 0 Å². The first kappa shape index (κ1) is 15.0. The summed E-state index contributed by atoms with van der Waals surface area (Å²) in [5.41, 5.74) is 0. The molecule has 1 saturated heterocycles. The maximum Gasteiger partial charge on any atom is 0.0107 e. The van der Waals surface area contributed by atoms with Crippen molar-refractivity contribution in [3.63, 3.8) is 0 Å². The van der Waals surface area contributed by atoms with E-state index in [0.717, 1.165) is 11.8 Å². The summed E-state index contributed by atoms with van der Waals surface area (Å²) in [5, 5.41) is 3.55. The number of hydrogen-bond donors (Lipinski definition) is 1. The second kappa shape index (κ2) is 8.93. The van der Waals surface area contributed by atoms with Crippen LogP contribution in [0.3, 0.4) is 0 Å². The molecule has 0 aromatic rings. The third-order valence-electron chi connectivity index (χ3n) is 4.12. The Morgan fingerprint density at radius 2 is 2.00 bits per heavy atom. The molecule has 0 bridgehead atoms. The number of nitrogens with zero attached hydrogens (tertiary/aromatic N) is 1. The zero-order valence-electron chi connectivity index (χ0n) is 12.2. The number of unbranched alkanes of at least 4 members (excludes halogenated alkanes) is 1. The molecule has 1 heterocycles. The van der Waals surface area contributed by atoms with Crippen molar-refractivity contribution in [2.24, 2.45) is 11.8 Å². The van der Waals surface area contributed by atoms with Crippen LogP contribution in [0.1, 0.15) is 52.9 Å². The van der Waals surface area contributed by atoms with Gasteiger partial charge < -0.3 is 10.2 Å². The van der Waals surface area contributed by atoms with Crippen molar-refractivity contribution in [2.45, 2.75) is 52.9 Å². The highest BCUT2D eigenvalue weighted by atomic mass is 15.1. The van der Waals surface area contributed by atoms with Crippen LogP contribution in [0, 0.1) is 11.8 Å². The van der Waals surface area contributed by atoms with Gasteiger partial charge in [-0.2, -0.15) is 0 Å². The van der Waals surface area contributed by atoms with E-state index in [1.165, 1.54) is 64.8 Å². The van der Waals surface area contributed by atoms with Crippen LogP contribution in [0.2, 0.25) is 0 Å². The lowest BCUT2D eigenvalue weighted by Crippen LogP contribution is -2.33. The molecule has 1 aliphatic heterocycles. The Morgan fingerprint density at radius 3 is 2.71 bits per heavy atom. The van der Waals surface area contributed by atoms with Crippen molar-refractivity contribution < 1.29 is 0 Å². The molecular weight excluding hydrogens is 208 g/mol. The van der Waals surface area contributed by atoms with Crippen LogP contribution in [0.25, 0.3) is 0 Å². The van der Waals surface area contributed by atoms with E-state index in [4.69, 9.17) is 0 Å². The lowest BCUT2D eigenvalue weighted by atomic mass is 9.89. The van der Waals surface area contributed by atoms with Crippen LogP contribution in [0.4, 0.5) is 0 Å². The zero-order chi connectivity index (χ0) is 12.5. The Balaban J connectivity index is 2.09. The molecular formula is C15H32N2. The molecule has 0 saturated carbocycles. The van der Waals surface area contributed by atoms with Gasteiger partial charge in [0.2, 0.25) is 0 Å². The predicted octanol–water partition coefficient (Wildman–Crippen LogP) is 3.13. The number of nitrogens with one attached hydrogen (secondary N) is 1. The summed E-state index contributed by atoms with van der Waals surface area (Å²) in [6.07, 6.45) is 6.87. The normalized spacial score (nSPS) is 22.9. The topological polar surface area (TPSA) is 15.3 Å². The van der Waals surface area contributed by atoms with E-state index < -0.39 is 0 Å². The second-order valence-electron chi connectivity index (χ2n) is 5.88. The number of likely N-dealkylation sites (tertiary alicyclic amines) is 1. The smallest absolute Gasteiger partial charge is 0.0107 e. The minimum atomic E-state index is 0.873. The Bertz CT molecular complexity index is 180. The van der Waals surface area contributed by atoms with Gasteiger partial charge in [0.15, 0.2) is 0 Å². The van der Waals surface area contributed by atoms with E-state index in [0.29, 0.717) is 0 Å². The quantitative estimate of drug-likeness (QED) is 0.688. The van der Waals surface area contributed by atoms with Crippen LogP contribution in [-0.2, 0) is 0 Å². The third-order valence-corrected chi connectivity index (χ3v) is 4.12. The van der Waals surface area contributed by atoms with Gasteiger partial charge in [-0.25, -0.2) is 0 Å². The number of rotatable bonds is 7. The molecule has 2 nitrogen and oxygen atoms in total. The highest BCUT2D eigenvalue weighted by Crippen LogP contribution is 2.24. The van der Waals surface area contributed by atoms with Gasteiger partial charge in [0.05, 0.1) is 0 Å². The summed E-state index contributed by atoms with van der Waals surface area (Å²) in [7, 11) is 0. The van der Waals surface area contributed by atoms with Gasteiger partial charge in [0.25, 0.3) is 0 Å². The fourth-order valence-corrected chi connectivity index (χ4v) is 2.74. The first-order valence-corrected chi connectivity index (χ1v) is 7.67. The SMILES string of the molecule is CCCCNCCN1CCCC(C(C)C)CC1. The Hall–Kier alpha value is -0.0800. The molecule has 17 heavy (non-hydrogen) atoms. The van der Waals surface area contributed by atoms with Crippen LogP contribution >= 0.6 is 0 Å². The Labute approximate surface area is 108 Å². The summed E-state index contributed by atoms with van der Waals surface area (Å²) >= 11 is 0. The molecule has 0 aromatic carbocycles. The van der Waals surface area contributed by atoms with Crippen LogP contribution < -0.4 is 5.32 Å². The maximum absolute atomic E-state index is 3.55. The molecule has 1 fully saturated rings. The van der Waals surface area contributed by atoms with Crippen LogP contribution in [-0.4, -0.2) is 37.6 Å². The van der Waals surface area contributed by atoms with Gasteiger partial charge in [-0.15, -0.1) is 0 Å². The average molecular weight is 240 g/mol. The second-order valence-corrected chi connectivity index (χ2v) is 5.88. The monoisotopic (exact) mass is 240 g/mol. The third kappa shape index (κ3) is 6.42. The van der Waals surface area contributed by atoms with Gasteiger partial charge in [0.1, 0.15) is 0 Å². The summed E-state index contributed by atoms with van der Waals surface area (Å²) in [5.74, 6) is 1.84. The molecule has 102 valence electrons. The maximum atomic E-state index is 3.55. The van der Waals surface area contributed by atoms with E-state index in [9.17, 15) is 0 Å². The summed E-state index contributed by atoms with van der Waals surface area (Å²) < 4.78 is 0. The fraction of sp³-hybridized carbons (Fsp3) is 1.00. The molecule has 2 heteroatoms. The highest BCUT2D eigenvalue weighted by Gasteiger charge is 2.18. The van der Waals surface area contributed by atoms with Gasteiger partial charge in [-0.1, -0.05) is 27.2 Å². The Morgan fingerprint density at radius 1 is 1.18 bits per heavy atom. The molecule has 1 N–H and O–H groups in total. The standard InChI is InChI=1S/C15H32N2/c1-4-5-9-16-10-13-17-11-6-7-15(8-12-17)14(2)3/h14-16H,4-13H2,1-3H3. The van der Waals surface area contributed by atoms with E-state index in [1.807, 2.05) is 0 Å². The van der Waals surface area contributed by atoms with Crippen molar-refractivity contribution in [2.75, 3.05) is 32.7 Å². The van der Waals surface area contributed by atoms with Crippen molar-refractivity contribution in [1.82, 2.24) is 10.2 Å². The van der Waals surface area contributed by atoms with Gasteiger partial charge >= 0.3 is 0 Å². The minimum absolute atomic E-state index is 0.873. The minimum Gasteiger partial charge on any atom is -0.315 e. The van der Waals surface area contributed by atoms with Gasteiger partial charge in [-0.05, 0) is 57.2 Å². The number of hydrogen-bond acceptors (Lipinski definition) is 2. The predicted molar refractivity (Wildman–Crippen MR) is 76.4 cm³/mol. The van der Waals surface area contributed by atoms with Crippen LogP contribution in [0.15, 0.2) is 0 Å². The molecule has 0 aromatic heterocycles. The van der Waals surface area contributed by atoms with Gasteiger partial charge in [-0.3, -0.25) is 0 Å². The molecule has 1 unspecified atom stereocenters. The molecule has 1 rings (SSSR count). The van der Waals surface area contributed by atoms with Gasteiger partial charge in [0, 0.05) is 13.1 Å². The summed E-state index contributed by atoms with van der Waals surface area (Å²) in [6, 6.07) is 0. The first-order chi connectivity index (χ1) is 8.24. The molecule has 0 spiro atoms. The van der Waals surface area contributed by atoms with Crippen molar-refractivity contribution in [1.29, 1.82) is 0 Å². The van der Waals surface area contributed by atoms with Crippen molar-refractivity contribution in [3.8, 4) is 0 Å². The molecule has 1 aliphatic rings. The van der Waals surface area contributed by atoms with Crippen LogP contribution in [0.5, 0.6) is 0 Å². The van der Waals surface area contributed by atoms with Crippen molar-refractivity contribution >= 4 is 0 Å². The van der Waals surface area contributed by atoms with E-state index in [-0.39, 0.29) is 0 Å². The fourth-order valence-electron chi connectivity index (χ4n) is 2.74. The Kier molecular flexibility index (Phi) is 7.87. The first-order valence-electron chi connectivity index (χ1n) is 7.67. The lowest BCUT2D eigenvalue weighted by molar-refractivity contribution is 0.271. The lowest BCUT2D eigenvalue weighted by Gasteiger charge is -2.21.